The van der Waals surface area contributed by atoms with Crippen molar-refractivity contribution in [3.63, 3.8) is 0 Å². The highest BCUT2D eigenvalue weighted by molar-refractivity contribution is 6.27. The maximum Gasteiger partial charge on any atom is 0.174 e. The Bertz CT molecular complexity index is 697. The summed E-state index contributed by atoms with van der Waals surface area (Å²) < 4.78 is 0. The predicted octanol–water partition coefficient (Wildman–Crippen LogP) is 3.58. The van der Waals surface area contributed by atoms with Gasteiger partial charge in [-0.25, -0.2) is 0 Å². The Balaban J connectivity index is 2.13. The van der Waals surface area contributed by atoms with E-state index in [1.165, 1.54) is 0 Å². The minimum absolute atomic E-state index is 0.00472. The lowest BCUT2D eigenvalue weighted by atomic mass is 9.82. The van der Waals surface area contributed by atoms with Crippen molar-refractivity contribution >= 4 is 11.4 Å². The molecule has 0 saturated carbocycles. The zero-order valence-electron chi connectivity index (χ0n) is 12.2. The SMILES string of the molecule is CC1=C(c2ccccc2)C(=O)[C@H](c2ccccc2)[C@@]1(C)O. The van der Waals surface area contributed by atoms with Gasteiger partial charge in [-0.15, -0.1) is 0 Å². The maximum atomic E-state index is 12.9. The molecule has 0 bridgehead atoms. The van der Waals surface area contributed by atoms with Crippen LogP contribution in [0.1, 0.15) is 30.9 Å². The highest BCUT2D eigenvalue weighted by atomic mass is 16.3. The minimum atomic E-state index is -1.15. The van der Waals surface area contributed by atoms with E-state index in [1.807, 2.05) is 67.6 Å². The number of ketones is 1. The zero-order valence-corrected chi connectivity index (χ0v) is 12.2. The van der Waals surface area contributed by atoms with E-state index in [0.29, 0.717) is 5.57 Å². The van der Waals surface area contributed by atoms with Gasteiger partial charge < -0.3 is 5.11 Å². The largest absolute Gasteiger partial charge is 0.385 e. The van der Waals surface area contributed by atoms with E-state index in [0.717, 1.165) is 16.7 Å². The molecule has 0 aliphatic heterocycles. The van der Waals surface area contributed by atoms with Gasteiger partial charge in [0.25, 0.3) is 0 Å². The van der Waals surface area contributed by atoms with E-state index in [-0.39, 0.29) is 5.78 Å². The van der Waals surface area contributed by atoms with Gasteiger partial charge in [-0.2, -0.15) is 0 Å². The van der Waals surface area contributed by atoms with Crippen LogP contribution in [0, 0.1) is 0 Å². The second kappa shape index (κ2) is 4.97. The number of benzene rings is 2. The quantitative estimate of drug-likeness (QED) is 0.911. The highest BCUT2D eigenvalue weighted by Gasteiger charge is 2.48. The Labute approximate surface area is 124 Å². The number of rotatable bonds is 2. The number of hydrogen-bond donors (Lipinski definition) is 1. The standard InChI is InChI=1S/C19H18O2/c1-13-16(14-9-5-3-6-10-14)18(20)17(19(13,2)21)15-11-7-4-8-12-15/h3-12,17,21H,1-2H3/t17-,19-/m0/s1. The smallest absolute Gasteiger partial charge is 0.174 e. The van der Waals surface area contributed by atoms with Crippen LogP contribution in [0.3, 0.4) is 0 Å². The van der Waals surface area contributed by atoms with Gasteiger partial charge in [0, 0.05) is 5.57 Å². The summed E-state index contributed by atoms with van der Waals surface area (Å²) in [7, 11) is 0. The molecule has 0 radical (unpaired) electrons. The molecular formula is C19H18O2. The number of allylic oxidation sites excluding steroid dienone is 1. The second-order valence-corrected chi connectivity index (χ2v) is 5.72. The van der Waals surface area contributed by atoms with Crippen LogP contribution in [0.5, 0.6) is 0 Å². The first-order valence-electron chi connectivity index (χ1n) is 7.12. The average Bonchev–Trinajstić information content (AvgIpc) is 2.67. The zero-order chi connectivity index (χ0) is 15.0. The van der Waals surface area contributed by atoms with Crippen molar-refractivity contribution in [2.75, 3.05) is 0 Å². The lowest BCUT2D eigenvalue weighted by Crippen LogP contribution is -2.32. The van der Waals surface area contributed by atoms with Crippen molar-refractivity contribution in [1.82, 2.24) is 0 Å². The van der Waals surface area contributed by atoms with Crippen molar-refractivity contribution in [3.8, 4) is 0 Å². The summed E-state index contributed by atoms with van der Waals surface area (Å²) in [5, 5.41) is 10.9. The van der Waals surface area contributed by atoms with Crippen molar-refractivity contribution in [3.05, 3.63) is 77.4 Å². The lowest BCUT2D eigenvalue weighted by Gasteiger charge is -2.26. The first-order chi connectivity index (χ1) is 10.0. The van der Waals surface area contributed by atoms with Gasteiger partial charge in [0.2, 0.25) is 0 Å². The summed E-state index contributed by atoms with van der Waals surface area (Å²) in [6.45, 7) is 3.58. The van der Waals surface area contributed by atoms with Gasteiger partial charge in [-0.05, 0) is 30.5 Å². The third kappa shape index (κ3) is 2.12. The van der Waals surface area contributed by atoms with Gasteiger partial charge in [0.05, 0.1) is 11.5 Å². The maximum absolute atomic E-state index is 12.9. The fourth-order valence-corrected chi connectivity index (χ4v) is 3.14. The fourth-order valence-electron chi connectivity index (χ4n) is 3.14. The summed E-state index contributed by atoms with van der Waals surface area (Å²) in [6, 6.07) is 19.1. The van der Waals surface area contributed by atoms with Crippen LogP contribution in [0.25, 0.3) is 5.57 Å². The minimum Gasteiger partial charge on any atom is -0.385 e. The Morgan fingerprint density at radius 2 is 1.48 bits per heavy atom. The van der Waals surface area contributed by atoms with Gasteiger partial charge in [-0.3, -0.25) is 4.79 Å². The summed E-state index contributed by atoms with van der Waals surface area (Å²) in [6.07, 6.45) is 0. The molecule has 0 fully saturated rings. The van der Waals surface area contributed by atoms with Gasteiger partial charge in [0.1, 0.15) is 0 Å². The average molecular weight is 278 g/mol. The topological polar surface area (TPSA) is 37.3 Å². The van der Waals surface area contributed by atoms with E-state index >= 15 is 0 Å². The Hall–Kier alpha value is -2.19. The molecule has 3 rings (SSSR count). The van der Waals surface area contributed by atoms with Gasteiger partial charge in [-0.1, -0.05) is 60.7 Å². The van der Waals surface area contributed by atoms with E-state index < -0.39 is 11.5 Å². The summed E-state index contributed by atoms with van der Waals surface area (Å²) in [4.78, 5) is 12.9. The van der Waals surface area contributed by atoms with Gasteiger partial charge >= 0.3 is 0 Å². The fraction of sp³-hybridized carbons (Fsp3) is 0.211. The molecule has 0 heterocycles. The third-order valence-electron chi connectivity index (χ3n) is 4.40. The molecule has 0 saturated heterocycles. The second-order valence-electron chi connectivity index (χ2n) is 5.72. The third-order valence-corrected chi connectivity index (χ3v) is 4.40. The summed E-state index contributed by atoms with van der Waals surface area (Å²) in [5.74, 6) is -0.538. The van der Waals surface area contributed by atoms with Crippen LogP contribution in [0.4, 0.5) is 0 Å². The van der Waals surface area contributed by atoms with Crippen molar-refractivity contribution in [1.29, 1.82) is 0 Å². The molecule has 2 aromatic carbocycles. The van der Waals surface area contributed by atoms with Crippen LogP contribution >= 0.6 is 0 Å². The molecule has 2 nitrogen and oxygen atoms in total. The Kier molecular flexibility index (Phi) is 3.26. The molecule has 0 unspecified atom stereocenters. The number of carbonyl (C=O) groups is 1. The molecule has 0 amide bonds. The molecule has 1 aliphatic rings. The molecule has 1 aliphatic carbocycles. The molecule has 2 aromatic rings. The number of carbonyl (C=O) groups excluding carboxylic acids is 1. The van der Waals surface area contributed by atoms with Crippen LogP contribution in [-0.2, 0) is 4.79 Å². The summed E-state index contributed by atoms with van der Waals surface area (Å²) in [5.41, 5.74) is 1.97. The normalized spacial score (nSPS) is 25.5. The van der Waals surface area contributed by atoms with Crippen molar-refractivity contribution in [2.45, 2.75) is 25.4 Å². The number of hydrogen-bond acceptors (Lipinski definition) is 2. The van der Waals surface area contributed by atoms with Crippen LogP contribution in [0.2, 0.25) is 0 Å². The van der Waals surface area contributed by atoms with Gasteiger partial charge in [0.15, 0.2) is 5.78 Å². The molecule has 2 atom stereocenters. The molecule has 1 N–H and O–H groups in total. The monoisotopic (exact) mass is 278 g/mol. The first kappa shape index (κ1) is 13.8. The molecule has 21 heavy (non-hydrogen) atoms. The Morgan fingerprint density at radius 1 is 0.952 bits per heavy atom. The number of Topliss-reactive ketones (excluding diaryl/α,β-unsaturated/α-hetero) is 1. The first-order valence-corrected chi connectivity index (χ1v) is 7.12. The van der Waals surface area contributed by atoms with Crippen molar-refractivity contribution in [2.24, 2.45) is 0 Å². The lowest BCUT2D eigenvalue weighted by molar-refractivity contribution is -0.117. The van der Waals surface area contributed by atoms with Crippen LogP contribution < -0.4 is 0 Å². The summed E-state index contributed by atoms with van der Waals surface area (Å²) >= 11 is 0. The molecular weight excluding hydrogens is 260 g/mol. The Morgan fingerprint density at radius 3 is 2.05 bits per heavy atom. The van der Waals surface area contributed by atoms with Crippen molar-refractivity contribution < 1.29 is 9.90 Å². The van der Waals surface area contributed by atoms with E-state index in [2.05, 4.69) is 0 Å². The predicted molar refractivity (Wildman–Crippen MR) is 83.8 cm³/mol. The van der Waals surface area contributed by atoms with E-state index in [9.17, 15) is 9.90 Å². The molecule has 0 aromatic heterocycles. The molecule has 0 spiro atoms. The number of aliphatic hydroxyl groups is 1. The molecule has 2 heteroatoms. The van der Waals surface area contributed by atoms with E-state index in [1.54, 1.807) is 6.92 Å². The highest BCUT2D eigenvalue weighted by Crippen LogP contribution is 2.47. The van der Waals surface area contributed by atoms with Crippen LogP contribution in [-0.4, -0.2) is 16.5 Å². The van der Waals surface area contributed by atoms with Crippen LogP contribution in [0.15, 0.2) is 66.2 Å². The molecule has 106 valence electrons. The van der Waals surface area contributed by atoms with E-state index in [4.69, 9.17) is 0 Å².